The highest BCUT2D eigenvalue weighted by molar-refractivity contribution is 6.31. The molecule has 2 aromatic carbocycles. The first-order chi connectivity index (χ1) is 10.2. The average molecular weight is 301 g/mol. The van der Waals surface area contributed by atoms with Crippen molar-refractivity contribution >= 4 is 17.6 Å². The van der Waals surface area contributed by atoms with E-state index in [4.69, 9.17) is 11.6 Å². The third kappa shape index (κ3) is 3.11. The molecule has 2 nitrogen and oxygen atoms in total. The Morgan fingerprint density at radius 1 is 1.14 bits per heavy atom. The monoisotopic (exact) mass is 300 g/mol. The average Bonchev–Trinajstić information content (AvgIpc) is 3.27. The molecule has 3 heteroatoms. The number of hydrogen-bond donors (Lipinski definition) is 1. The van der Waals surface area contributed by atoms with Gasteiger partial charge in [0, 0.05) is 5.02 Å². The number of carboxylic acid groups (broad SMARTS) is 1. The summed E-state index contributed by atoms with van der Waals surface area (Å²) >= 11 is 6.16. The normalized spacial score (nSPS) is 21.8. The largest absolute Gasteiger partial charge is 0.481 e. The van der Waals surface area contributed by atoms with Crippen molar-refractivity contribution in [2.45, 2.75) is 18.8 Å². The first-order valence-corrected chi connectivity index (χ1v) is 7.56. The molecule has 0 aromatic heterocycles. The Morgan fingerprint density at radius 2 is 1.81 bits per heavy atom. The SMILES string of the molecule is O=C(O)C(Cc1ccccc1Cl)C1CC1c1ccccc1. The second-order valence-corrected chi connectivity index (χ2v) is 6.06. The highest BCUT2D eigenvalue weighted by Gasteiger charge is 2.46. The van der Waals surface area contributed by atoms with E-state index < -0.39 is 5.97 Å². The van der Waals surface area contributed by atoms with Crippen LogP contribution in [0.5, 0.6) is 0 Å². The van der Waals surface area contributed by atoms with E-state index in [1.807, 2.05) is 42.5 Å². The van der Waals surface area contributed by atoms with Crippen LogP contribution in [0, 0.1) is 11.8 Å². The molecule has 0 radical (unpaired) electrons. The van der Waals surface area contributed by atoms with Crippen LogP contribution in [0.25, 0.3) is 0 Å². The standard InChI is InChI=1S/C18H17ClO2/c19-17-9-5-4-8-13(17)10-16(18(20)21)15-11-14(15)12-6-2-1-3-7-12/h1-9,14-16H,10-11H2,(H,20,21). The van der Waals surface area contributed by atoms with Gasteiger partial charge < -0.3 is 5.11 Å². The molecule has 0 saturated heterocycles. The van der Waals surface area contributed by atoms with Crippen LogP contribution in [0.15, 0.2) is 54.6 Å². The van der Waals surface area contributed by atoms with Crippen LogP contribution in [0.3, 0.4) is 0 Å². The molecule has 0 amide bonds. The van der Waals surface area contributed by atoms with E-state index >= 15 is 0 Å². The van der Waals surface area contributed by atoms with Gasteiger partial charge in [-0.25, -0.2) is 0 Å². The van der Waals surface area contributed by atoms with Crippen molar-refractivity contribution in [3.05, 3.63) is 70.7 Å². The molecule has 0 spiro atoms. The van der Waals surface area contributed by atoms with Crippen LogP contribution in [-0.2, 0) is 11.2 Å². The van der Waals surface area contributed by atoms with E-state index in [0.29, 0.717) is 17.4 Å². The van der Waals surface area contributed by atoms with Gasteiger partial charge in [-0.15, -0.1) is 0 Å². The third-order valence-electron chi connectivity index (χ3n) is 4.30. The van der Waals surface area contributed by atoms with Crippen molar-refractivity contribution < 1.29 is 9.90 Å². The first-order valence-electron chi connectivity index (χ1n) is 7.18. The lowest BCUT2D eigenvalue weighted by Crippen LogP contribution is -2.19. The minimum atomic E-state index is -0.724. The van der Waals surface area contributed by atoms with E-state index in [1.165, 1.54) is 5.56 Å². The van der Waals surface area contributed by atoms with E-state index in [2.05, 4.69) is 12.1 Å². The van der Waals surface area contributed by atoms with Crippen LogP contribution >= 0.6 is 11.6 Å². The van der Waals surface area contributed by atoms with Gasteiger partial charge in [-0.1, -0.05) is 60.1 Å². The predicted molar refractivity (Wildman–Crippen MR) is 83.6 cm³/mol. The van der Waals surface area contributed by atoms with Crippen molar-refractivity contribution in [1.29, 1.82) is 0 Å². The molecule has 3 atom stereocenters. The summed E-state index contributed by atoms with van der Waals surface area (Å²) in [7, 11) is 0. The lowest BCUT2D eigenvalue weighted by Gasteiger charge is -2.13. The molecule has 1 N–H and O–H groups in total. The first kappa shape index (κ1) is 14.2. The van der Waals surface area contributed by atoms with Crippen LogP contribution in [0.1, 0.15) is 23.5 Å². The van der Waals surface area contributed by atoms with Crippen LogP contribution in [0.2, 0.25) is 5.02 Å². The van der Waals surface area contributed by atoms with Crippen molar-refractivity contribution in [2.75, 3.05) is 0 Å². The smallest absolute Gasteiger partial charge is 0.307 e. The second-order valence-electron chi connectivity index (χ2n) is 5.66. The van der Waals surface area contributed by atoms with E-state index in [0.717, 1.165) is 12.0 Å². The molecule has 1 aliphatic carbocycles. The topological polar surface area (TPSA) is 37.3 Å². The molecular weight excluding hydrogens is 284 g/mol. The van der Waals surface area contributed by atoms with Gasteiger partial charge in [0.2, 0.25) is 0 Å². The molecular formula is C18H17ClO2. The molecule has 1 aliphatic rings. The summed E-state index contributed by atoms with van der Waals surface area (Å²) < 4.78 is 0. The minimum Gasteiger partial charge on any atom is -0.481 e. The molecule has 108 valence electrons. The lowest BCUT2D eigenvalue weighted by molar-refractivity contribution is -0.142. The third-order valence-corrected chi connectivity index (χ3v) is 4.67. The molecule has 3 rings (SSSR count). The second kappa shape index (κ2) is 5.90. The Morgan fingerprint density at radius 3 is 2.48 bits per heavy atom. The molecule has 3 unspecified atom stereocenters. The van der Waals surface area contributed by atoms with Gasteiger partial charge in [0.15, 0.2) is 0 Å². The maximum atomic E-state index is 11.6. The maximum absolute atomic E-state index is 11.6. The number of rotatable bonds is 5. The van der Waals surface area contributed by atoms with Gasteiger partial charge in [-0.2, -0.15) is 0 Å². The molecule has 1 saturated carbocycles. The summed E-state index contributed by atoms with van der Waals surface area (Å²) in [4.78, 5) is 11.6. The summed E-state index contributed by atoms with van der Waals surface area (Å²) in [5.74, 6) is -0.510. The zero-order valence-corrected chi connectivity index (χ0v) is 12.3. The van der Waals surface area contributed by atoms with Crippen LogP contribution in [-0.4, -0.2) is 11.1 Å². The highest BCUT2D eigenvalue weighted by atomic mass is 35.5. The van der Waals surface area contributed by atoms with E-state index in [-0.39, 0.29) is 11.8 Å². The number of hydrogen-bond acceptors (Lipinski definition) is 1. The summed E-state index contributed by atoms with van der Waals surface area (Å²) in [6.45, 7) is 0. The van der Waals surface area contributed by atoms with Crippen molar-refractivity contribution in [3.8, 4) is 0 Å². The van der Waals surface area contributed by atoms with Gasteiger partial charge in [0.05, 0.1) is 5.92 Å². The summed E-state index contributed by atoms with van der Waals surface area (Å²) in [6.07, 6.45) is 1.45. The Bertz CT molecular complexity index is 639. The molecule has 2 aromatic rings. The Labute approximate surface area is 129 Å². The number of carbonyl (C=O) groups is 1. The zero-order valence-electron chi connectivity index (χ0n) is 11.6. The zero-order chi connectivity index (χ0) is 14.8. The molecule has 0 heterocycles. The summed E-state index contributed by atoms with van der Waals surface area (Å²) in [5.41, 5.74) is 2.16. The van der Waals surface area contributed by atoms with Gasteiger partial charge in [0.25, 0.3) is 0 Å². The molecule has 0 bridgehead atoms. The van der Waals surface area contributed by atoms with Gasteiger partial charge in [0.1, 0.15) is 0 Å². The quantitative estimate of drug-likeness (QED) is 0.889. The van der Waals surface area contributed by atoms with Crippen LogP contribution in [0.4, 0.5) is 0 Å². The minimum absolute atomic E-state index is 0.209. The van der Waals surface area contributed by atoms with Gasteiger partial charge >= 0.3 is 5.97 Å². The fourth-order valence-electron chi connectivity index (χ4n) is 3.07. The fourth-order valence-corrected chi connectivity index (χ4v) is 3.28. The number of carboxylic acids is 1. The summed E-state index contributed by atoms with van der Waals surface area (Å²) in [6, 6.07) is 17.7. The Kier molecular flexibility index (Phi) is 3.98. The molecule has 1 fully saturated rings. The maximum Gasteiger partial charge on any atom is 0.307 e. The molecule has 21 heavy (non-hydrogen) atoms. The summed E-state index contributed by atoms with van der Waals surface area (Å²) in [5, 5.41) is 10.2. The van der Waals surface area contributed by atoms with Crippen LogP contribution < -0.4 is 0 Å². The number of aliphatic carboxylic acids is 1. The fraction of sp³-hybridized carbons (Fsp3) is 0.278. The van der Waals surface area contributed by atoms with Gasteiger partial charge in [-0.05, 0) is 41.9 Å². The van der Waals surface area contributed by atoms with Crippen molar-refractivity contribution in [1.82, 2.24) is 0 Å². The van der Waals surface area contributed by atoms with E-state index in [1.54, 1.807) is 0 Å². The predicted octanol–water partition coefficient (Wildman–Crippen LogP) is 4.39. The highest BCUT2D eigenvalue weighted by Crippen LogP contribution is 2.52. The Hall–Kier alpha value is -1.80. The van der Waals surface area contributed by atoms with Crippen molar-refractivity contribution in [3.63, 3.8) is 0 Å². The molecule has 0 aliphatic heterocycles. The lowest BCUT2D eigenvalue weighted by atomic mass is 9.92. The number of benzene rings is 2. The van der Waals surface area contributed by atoms with Gasteiger partial charge in [-0.3, -0.25) is 4.79 Å². The number of halogens is 1. The Balaban J connectivity index is 1.75. The van der Waals surface area contributed by atoms with E-state index in [9.17, 15) is 9.90 Å². The van der Waals surface area contributed by atoms with Crippen molar-refractivity contribution in [2.24, 2.45) is 11.8 Å².